The van der Waals surface area contributed by atoms with Crippen LogP contribution in [0, 0.1) is 0 Å². The van der Waals surface area contributed by atoms with E-state index in [1.54, 1.807) is 12.4 Å². The number of aromatic amines is 1. The molecule has 8 nitrogen and oxygen atoms in total. The minimum Gasteiger partial charge on any atom is -0.378 e. The first-order valence-corrected chi connectivity index (χ1v) is 8.89. The fraction of sp³-hybridized carbons (Fsp3) is 0.211. The lowest BCUT2D eigenvalue weighted by Gasteiger charge is -2.28. The van der Waals surface area contributed by atoms with Crippen LogP contribution in [-0.2, 0) is 4.74 Å². The average molecular weight is 361 g/mol. The molecule has 136 valence electrons. The van der Waals surface area contributed by atoms with Crippen molar-refractivity contribution in [1.29, 1.82) is 0 Å². The van der Waals surface area contributed by atoms with E-state index < -0.39 is 0 Å². The van der Waals surface area contributed by atoms with Crippen LogP contribution in [-0.4, -0.2) is 50.9 Å². The van der Waals surface area contributed by atoms with Crippen LogP contribution in [0.1, 0.15) is 0 Å². The summed E-state index contributed by atoms with van der Waals surface area (Å²) in [5.74, 6) is 0.706. The summed E-state index contributed by atoms with van der Waals surface area (Å²) in [7, 11) is 0. The first-order valence-electron chi connectivity index (χ1n) is 8.89. The molecule has 4 heterocycles. The van der Waals surface area contributed by atoms with Gasteiger partial charge in [0.15, 0.2) is 11.5 Å². The molecular formula is C19H19N7O. The van der Waals surface area contributed by atoms with E-state index in [0.717, 1.165) is 48.9 Å². The molecule has 2 N–H and O–H groups in total. The van der Waals surface area contributed by atoms with E-state index in [9.17, 15) is 0 Å². The summed E-state index contributed by atoms with van der Waals surface area (Å²) in [5, 5.41) is 10.2. The van der Waals surface area contributed by atoms with Gasteiger partial charge in [-0.15, -0.1) is 0 Å². The van der Waals surface area contributed by atoms with Crippen LogP contribution in [0.3, 0.4) is 0 Å². The van der Waals surface area contributed by atoms with Crippen LogP contribution < -0.4 is 10.2 Å². The van der Waals surface area contributed by atoms with Gasteiger partial charge in [-0.05, 0) is 24.3 Å². The summed E-state index contributed by atoms with van der Waals surface area (Å²) in [6.07, 6.45) is 9.20. The molecule has 4 aromatic rings. The van der Waals surface area contributed by atoms with Gasteiger partial charge in [-0.25, -0.2) is 9.97 Å². The van der Waals surface area contributed by atoms with E-state index in [-0.39, 0.29) is 0 Å². The van der Waals surface area contributed by atoms with Crippen molar-refractivity contribution < 1.29 is 4.74 Å². The Morgan fingerprint density at radius 2 is 1.96 bits per heavy atom. The molecule has 1 aliphatic heterocycles. The number of rotatable bonds is 4. The number of hydrogen-bond acceptors (Lipinski definition) is 6. The van der Waals surface area contributed by atoms with Crippen LogP contribution >= 0.6 is 0 Å². The molecule has 1 fully saturated rings. The van der Waals surface area contributed by atoms with E-state index in [0.29, 0.717) is 5.82 Å². The molecule has 8 heteroatoms. The summed E-state index contributed by atoms with van der Waals surface area (Å²) >= 11 is 0. The molecule has 0 atom stereocenters. The number of hydrogen-bond donors (Lipinski definition) is 2. The second-order valence-corrected chi connectivity index (χ2v) is 6.39. The zero-order chi connectivity index (χ0) is 18.1. The number of aromatic nitrogens is 5. The Kier molecular flexibility index (Phi) is 3.95. The van der Waals surface area contributed by atoms with Crippen molar-refractivity contribution >= 4 is 22.8 Å². The molecule has 5 rings (SSSR count). The second kappa shape index (κ2) is 6.73. The molecule has 1 aliphatic rings. The Hall–Kier alpha value is -3.39. The molecule has 0 amide bonds. The van der Waals surface area contributed by atoms with Gasteiger partial charge in [-0.2, -0.15) is 5.10 Å². The third-order valence-electron chi connectivity index (χ3n) is 4.67. The lowest BCUT2D eigenvalue weighted by Crippen LogP contribution is -2.36. The largest absolute Gasteiger partial charge is 0.378 e. The zero-order valence-corrected chi connectivity index (χ0v) is 14.7. The van der Waals surface area contributed by atoms with E-state index in [1.165, 1.54) is 5.69 Å². The predicted molar refractivity (Wildman–Crippen MR) is 103 cm³/mol. The highest BCUT2D eigenvalue weighted by atomic mass is 16.5. The summed E-state index contributed by atoms with van der Waals surface area (Å²) in [6, 6.07) is 8.37. The Balaban J connectivity index is 1.44. The number of morpholine rings is 1. The summed E-state index contributed by atoms with van der Waals surface area (Å²) in [4.78, 5) is 11.5. The van der Waals surface area contributed by atoms with Crippen molar-refractivity contribution in [2.24, 2.45) is 0 Å². The lowest BCUT2D eigenvalue weighted by atomic mass is 10.2. The highest BCUT2D eigenvalue weighted by Crippen LogP contribution is 2.25. The molecule has 3 aromatic heterocycles. The van der Waals surface area contributed by atoms with Crippen LogP contribution in [0.15, 0.2) is 55.2 Å². The maximum atomic E-state index is 5.42. The minimum atomic E-state index is 0.706. The van der Waals surface area contributed by atoms with Crippen molar-refractivity contribution in [2.75, 3.05) is 36.5 Å². The number of H-pyrrole nitrogens is 1. The molecule has 0 aliphatic carbocycles. The van der Waals surface area contributed by atoms with Crippen molar-refractivity contribution in [2.45, 2.75) is 0 Å². The monoisotopic (exact) mass is 361 g/mol. The van der Waals surface area contributed by atoms with Gasteiger partial charge in [0.05, 0.1) is 25.1 Å². The maximum absolute atomic E-state index is 5.42. The van der Waals surface area contributed by atoms with E-state index >= 15 is 0 Å². The first kappa shape index (κ1) is 15.8. The van der Waals surface area contributed by atoms with Crippen molar-refractivity contribution in [3.8, 4) is 11.3 Å². The Labute approximate surface area is 155 Å². The molecule has 0 saturated carbocycles. The SMILES string of the molecule is c1cn2cc(-c3cn[nH]c3)nc(Nc3ccc(N4CCOCC4)cc3)c2n1. The van der Waals surface area contributed by atoms with Crippen LogP contribution in [0.25, 0.3) is 16.9 Å². The molecule has 0 bridgehead atoms. The molecule has 0 unspecified atom stereocenters. The number of anilines is 3. The summed E-state index contributed by atoms with van der Waals surface area (Å²) in [5.41, 5.74) is 4.70. The maximum Gasteiger partial charge on any atom is 0.180 e. The molecule has 1 saturated heterocycles. The molecule has 0 spiro atoms. The molecule has 0 radical (unpaired) electrons. The lowest BCUT2D eigenvalue weighted by molar-refractivity contribution is 0.122. The van der Waals surface area contributed by atoms with Crippen LogP contribution in [0.4, 0.5) is 17.2 Å². The third kappa shape index (κ3) is 3.11. The minimum absolute atomic E-state index is 0.706. The highest BCUT2D eigenvalue weighted by Gasteiger charge is 2.12. The first-order chi connectivity index (χ1) is 13.4. The average Bonchev–Trinajstić information content (AvgIpc) is 3.41. The van der Waals surface area contributed by atoms with E-state index in [4.69, 9.17) is 9.72 Å². The van der Waals surface area contributed by atoms with Crippen LogP contribution in [0.5, 0.6) is 0 Å². The van der Waals surface area contributed by atoms with E-state index in [1.807, 2.05) is 23.0 Å². The van der Waals surface area contributed by atoms with Gasteiger partial charge in [0.25, 0.3) is 0 Å². The smallest absolute Gasteiger partial charge is 0.180 e. The predicted octanol–water partition coefficient (Wildman–Crippen LogP) is 2.70. The van der Waals surface area contributed by atoms with Crippen molar-refractivity contribution in [3.05, 3.63) is 55.2 Å². The Morgan fingerprint density at radius 1 is 1.11 bits per heavy atom. The molecule has 27 heavy (non-hydrogen) atoms. The van der Waals surface area contributed by atoms with Crippen molar-refractivity contribution in [1.82, 2.24) is 24.6 Å². The number of nitrogens with zero attached hydrogens (tertiary/aromatic N) is 5. The fourth-order valence-corrected chi connectivity index (χ4v) is 3.26. The third-order valence-corrected chi connectivity index (χ3v) is 4.67. The quantitative estimate of drug-likeness (QED) is 0.581. The van der Waals surface area contributed by atoms with Crippen LogP contribution in [0.2, 0.25) is 0 Å². The normalized spacial score (nSPS) is 14.6. The fourth-order valence-electron chi connectivity index (χ4n) is 3.26. The Bertz CT molecular complexity index is 1030. The number of benzene rings is 1. The second-order valence-electron chi connectivity index (χ2n) is 6.39. The van der Waals surface area contributed by atoms with Gasteiger partial charge in [0.1, 0.15) is 0 Å². The Morgan fingerprint density at radius 3 is 2.74 bits per heavy atom. The van der Waals surface area contributed by atoms with Gasteiger partial charge in [0, 0.05) is 54.8 Å². The number of nitrogens with one attached hydrogen (secondary N) is 2. The highest BCUT2D eigenvalue weighted by molar-refractivity contribution is 5.74. The summed E-state index contributed by atoms with van der Waals surface area (Å²) in [6.45, 7) is 3.41. The van der Waals surface area contributed by atoms with E-state index in [2.05, 4.69) is 49.7 Å². The zero-order valence-electron chi connectivity index (χ0n) is 14.7. The van der Waals surface area contributed by atoms with Gasteiger partial charge < -0.3 is 19.4 Å². The topological polar surface area (TPSA) is 83.4 Å². The van der Waals surface area contributed by atoms with Gasteiger partial charge >= 0.3 is 0 Å². The number of imidazole rings is 1. The van der Waals surface area contributed by atoms with Gasteiger partial charge in [0.2, 0.25) is 0 Å². The number of ether oxygens (including phenoxy) is 1. The molecule has 1 aromatic carbocycles. The van der Waals surface area contributed by atoms with Crippen molar-refractivity contribution in [3.63, 3.8) is 0 Å². The van der Waals surface area contributed by atoms with Gasteiger partial charge in [-0.3, -0.25) is 5.10 Å². The van der Waals surface area contributed by atoms with Gasteiger partial charge in [-0.1, -0.05) is 0 Å². The molecular weight excluding hydrogens is 342 g/mol. The standard InChI is InChI=1S/C19H19N7O/c1-3-16(25-7-9-27-10-8-25)4-2-15(1)23-18-19-20-5-6-26(19)13-17(24-18)14-11-21-22-12-14/h1-6,11-13H,7-10H2,(H,21,22)(H,23,24). The summed E-state index contributed by atoms with van der Waals surface area (Å²) < 4.78 is 7.38. The number of fused-ring (bicyclic) bond motifs is 1.